The smallest absolute Gasteiger partial charge is 0.338 e. The summed E-state index contributed by atoms with van der Waals surface area (Å²) >= 11 is 5.84. The lowest BCUT2D eigenvalue weighted by atomic mass is 9.88. The number of hydrogen-bond acceptors (Lipinski definition) is 15. The van der Waals surface area contributed by atoms with E-state index in [2.05, 4.69) is 0 Å². The highest BCUT2D eigenvalue weighted by molar-refractivity contribution is 6.26. The third-order valence-corrected chi connectivity index (χ3v) is 11.4. The number of carbonyl (C=O) groups is 6. The van der Waals surface area contributed by atoms with E-state index in [0.717, 1.165) is 0 Å². The van der Waals surface area contributed by atoms with Gasteiger partial charge in [-0.05, 0) is 78.4 Å². The molecule has 0 radical (unpaired) electrons. The van der Waals surface area contributed by atoms with Crippen molar-refractivity contribution >= 4 is 47.4 Å². The molecular formula is C52H43ClO15. The van der Waals surface area contributed by atoms with Gasteiger partial charge in [-0.15, -0.1) is 11.6 Å². The Balaban J connectivity index is 1.19. The van der Waals surface area contributed by atoms with Crippen molar-refractivity contribution in [2.24, 2.45) is 11.8 Å². The molecule has 348 valence electrons. The van der Waals surface area contributed by atoms with Gasteiger partial charge in [0, 0.05) is 5.92 Å². The minimum atomic E-state index is -1.75. The third kappa shape index (κ3) is 11.3. The van der Waals surface area contributed by atoms with Crippen LogP contribution in [-0.2, 0) is 47.4 Å². The van der Waals surface area contributed by atoms with Gasteiger partial charge in [0.25, 0.3) is 0 Å². The number of fused-ring (bicyclic) bond motifs is 1. The van der Waals surface area contributed by atoms with Crippen molar-refractivity contribution in [3.8, 4) is 0 Å². The van der Waals surface area contributed by atoms with Crippen LogP contribution in [0.3, 0.4) is 0 Å². The van der Waals surface area contributed by atoms with Gasteiger partial charge < -0.3 is 42.6 Å². The second-order valence-corrected chi connectivity index (χ2v) is 15.8. The average molecular weight is 943 g/mol. The van der Waals surface area contributed by atoms with Gasteiger partial charge in [0.1, 0.15) is 31.3 Å². The van der Waals surface area contributed by atoms with E-state index in [4.69, 9.17) is 54.2 Å². The van der Waals surface area contributed by atoms with E-state index in [1.807, 2.05) is 0 Å². The summed E-state index contributed by atoms with van der Waals surface area (Å²) < 4.78 is 55.1. The summed E-state index contributed by atoms with van der Waals surface area (Å²) in [5.74, 6) is -6.78. The van der Waals surface area contributed by atoms with Crippen molar-refractivity contribution in [3.63, 3.8) is 0 Å². The SMILES string of the molecule is O=C(CCl)O[C@H]1C=C(COC(=O)c2ccccc2)[C@H]2[C@H](O[C@@H]3O[C@H](COC(=O)c4ccccc4)[C@@H](OC(=O)c4ccccc4)[C@H](OC(=O)c4ccccc4)[C@H]3OC(=O)c3ccccc3)OC=C[C@H]21. The highest BCUT2D eigenvalue weighted by atomic mass is 35.5. The minimum absolute atomic E-state index is 0.0942. The molecule has 0 aromatic heterocycles. The van der Waals surface area contributed by atoms with Crippen molar-refractivity contribution in [1.29, 1.82) is 0 Å². The Morgan fingerprint density at radius 1 is 0.500 bits per heavy atom. The average Bonchev–Trinajstić information content (AvgIpc) is 3.74. The van der Waals surface area contributed by atoms with Crippen LogP contribution in [-0.4, -0.2) is 98.0 Å². The van der Waals surface area contributed by atoms with E-state index in [1.54, 1.807) is 115 Å². The molecule has 68 heavy (non-hydrogen) atoms. The van der Waals surface area contributed by atoms with Gasteiger partial charge in [-0.3, -0.25) is 4.79 Å². The van der Waals surface area contributed by atoms with Crippen molar-refractivity contribution in [1.82, 2.24) is 0 Å². The van der Waals surface area contributed by atoms with Crippen LogP contribution in [0.15, 0.2) is 176 Å². The van der Waals surface area contributed by atoms with E-state index in [0.29, 0.717) is 5.57 Å². The largest absolute Gasteiger partial charge is 0.472 e. The lowest BCUT2D eigenvalue weighted by molar-refractivity contribution is -0.337. The second-order valence-electron chi connectivity index (χ2n) is 15.6. The maximum absolute atomic E-state index is 14.1. The van der Waals surface area contributed by atoms with Crippen molar-refractivity contribution in [2.45, 2.75) is 43.1 Å². The topological polar surface area (TPSA) is 185 Å². The van der Waals surface area contributed by atoms with Crippen LogP contribution in [0.2, 0.25) is 0 Å². The van der Waals surface area contributed by atoms with E-state index < -0.39 is 103 Å². The lowest BCUT2D eigenvalue weighted by Gasteiger charge is -2.46. The molecule has 8 rings (SSSR count). The Kier molecular flexibility index (Phi) is 15.4. The van der Waals surface area contributed by atoms with E-state index >= 15 is 0 Å². The molecule has 1 saturated heterocycles. The third-order valence-electron chi connectivity index (χ3n) is 11.2. The molecule has 1 aliphatic carbocycles. The lowest BCUT2D eigenvalue weighted by Crippen LogP contribution is -2.64. The molecule has 0 unspecified atom stereocenters. The first-order valence-electron chi connectivity index (χ1n) is 21.5. The molecule has 15 nitrogen and oxygen atoms in total. The zero-order valence-corrected chi connectivity index (χ0v) is 36.7. The zero-order chi connectivity index (χ0) is 47.4. The summed E-state index contributed by atoms with van der Waals surface area (Å²) in [5.41, 5.74) is 1.21. The van der Waals surface area contributed by atoms with Crippen LogP contribution < -0.4 is 0 Å². The van der Waals surface area contributed by atoms with Crippen LogP contribution in [0.1, 0.15) is 51.8 Å². The van der Waals surface area contributed by atoms with Gasteiger partial charge >= 0.3 is 35.8 Å². The molecule has 1 fully saturated rings. The summed E-state index contributed by atoms with van der Waals surface area (Å²) in [6, 6.07) is 40.2. The fourth-order valence-electron chi connectivity index (χ4n) is 7.90. The Bertz CT molecular complexity index is 2610. The van der Waals surface area contributed by atoms with Crippen molar-refractivity contribution in [2.75, 3.05) is 19.1 Å². The molecule has 9 atom stereocenters. The van der Waals surface area contributed by atoms with Crippen molar-refractivity contribution in [3.05, 3.63) is 203 Å². The van der Waals surface area contributed by atoms with Crippen LogP contribution in [0.4, 0.5) is 0 Å². The molecule has 2 aliphatic heterocycles. The predicted molar refractivity (Wildman–Crippen MR) is 240 cm³/mol. The highest BCUT2D eigenvalue weighted by Gasteiger charge is 2.56. The highest BCUT2D eigenvalue weighted by Crippen LogP contribution is 2.43. The van der Waals surface area contributed by atoms with Gasteiger partial charge in [-0.1, -0.05) is 91.0 Å². The standard InChI is InChI=1S/C52H43ClO15/c53-29-41(54)63-39-28-37(30-61-46(55)32-16-6-1-7-17-32)42-38(39)26-27-60-51(42)68-52-45(67-50(59)36-24-14-5-15-25-36)44(66-49(58)35-22-12-4-13-23-35)43(65-48(57)34-20-10-3-11-21-34)40(64-52)31-62-47(56)33-18-8-2-9-19-33/h1-28,38-40,42-45,51-52H,29-31H2/t38-,39-,40+,42+,43+,44-,45+,51-,52-/m0/s1. The minimum Gasteiger partial charge on any atom is -0.472 e. The molecular weight excluding hydrogens is 900 g/mol. The molecule has 5 aromatic carbocycles. The molecule has 3 aliphatic rings. The second kappa shape index (κ2) is 22.3. The number of rotatable bonds is 16. The fourth-order valence-corrected chi connectivity index (χ4v) is 7.96. The van der Waals surface area contributed by atoms with Gasteiger partial charge in [0.2, 0.25) is 12.6 Å². The van der Waals surface area contributed by atoms with E-state index in [-0.39, 0.29) is 34.4 Å². The first kappa shape index (κ1) is 46.9. The normalized spacial score (nSPS) is 23.6. The van der Waals surface area contributed by atoms with Gasteiger partial charge in [0.05, 0.1) is 40.0 Å². The molecule has 2 heterocycles. The van der Waals surface area contributed by atoms with E-state index in [9.17, 15) is 28.8 Å². The fraction of sp³-hybridized carbons (Fsp3) is 0.231. The number of esters is 6. The molecule has 16 heteroatoms. The van der Waals surface area contributed by atoms with Gasteiger partial charge in [0.15, 0.2) is 18.3 Å². The number of halogens is 1. The maximum Gasteiger partial charge on any atom is 0.338 e. The number of hydrogen-bond donors (Lipinski definition) is 0. The molecule has 0 saturated carbocycles. The molecule has 0 amide bonds. The van der Waals surface area contributed by atoms with Crippen LogP contribution in [0.5, 0.6) is 0 Å². The van der Waals surface area contributed by atoms with Crippen LogP contribution in [0, 0.1) is 11.8 Å². The zero-order valence-electron chi connectivity index (χ0n) is 36.0. The van der Waals surface area contributed by atoms with Crippen molar-refractivity contribution < 1.29 is 71.4 Å². The first-order valence-corrected chi connectivity index (χ1v) is 22.0. The first-order chi connectivity index (χ1) is 33.2. The van der Waals surface area contributed by atoms with Crippen LogP contribution in [0.25, 0.3) is 0 Å². The van der Waals surface area contributed by atoms with Gasteiger partial charge in [-0.2, -0.15) is 0 Å². The Morgan fingerprint density at radius 2 is 0.941 bits per heavy atom. The Hall–Kier alpha value is -7.59. The molecule has 0 spiro atoms. The molecule has 0 bridgehead atoms. The monoisotopic (exact) mass is 942 g/mol. The Morgan fingerprint density at radius 3 is 1.43 bits per heavy atom. The summed E-state index contributed by atoms with van der Waals surface area (Å²) in [7, 11) is 0. The van der Waals surface area contributed by atoms with E-state index in [1.165, 1.54) is 54.8 Å². The van der Waals surface area contributed by atoms with Gasteiger partial charge in [-0.25, -0.2) is 24.0 Å². The summed E-state index contributed by atoms with van der Waals surface area (Å²) in [6.45, 7) is -0.903. The summed E-state index contributed by atoms with van der Waals surface area (Å²) in [6.07, 6.45) is -6.05. The quantitative estimate of drug-likeness (QED) is 0.0415. The molecule has 0 N–H and O–H groups in total. The Labute approximate surface area is 395 Å². The maximum atomic E-state index is 14.1. The number of alkyl halides is 1. The van der Waals surface area contributed by atoms with Crippen LogP contribution >= 0.6 is 11.6 Å². The molecule has 5 aromatic rings. The summed E-state index contributed by atoms with van der Waals surface area (Å²) in [5, 5.41) is 0. The predicted octanol–water partition coefficient (Wildman–Crippen LogP) is 7.31. The number of carbonyl (C=O) groups excluding carboxylic acids is 6. The number of ether oxygens (including phenoxy) is 9. The number of benzene rings is 5. The summed E-state index contributed by atoms with van der Waals surface area (Å²) in [4.78, 5) is 81.5.